The van der Waals surface area contributed by atoms with Crippen LogP contribution in [0.4, 0.5) is 5.69 Å². The summed E-state index contributed by atoms with van der Waals surface area (Å²) < 4.78 is 0. The van der Waals surface area contributed by atoms with E-state index in [0.717, 1.165) is 27.9 Å². The Balaban J connectivity index is 1.59. The van der Waals surface area contributed by atoms with Crippen LogP contribution in [0.25, 0.3) is 11.4 Å². The largest absolute Gasteiger partial charge is 0.335 e. The maximum atomic E-state index is 12.5. The van der Waals surface area contributed by atoms with E-state index in [2.05, 4.69) is 20.7 Å². The second-order valence-corrected chi connectivity index (χ2v) is 7.07. The average molecular weight is 392 g/mol. The number of anilines is 1. The Kier molecular flexibility index (Phi) is 6.01. The first-order chi connectivity index (χ1) is 13.8. The molecule has 2 amide bonds. The lowest BCUT2D eigenvalue weighted by molar-refractivity contribution is -0.134. The minimum absolute atomic E-state index is 0.0639. The molecular formula is C21H24N6O2. The smallest absolute Gasteiger partial charge is 0.246 e. The molecule has 1 aromatic heterocycles. The predicted molar refractivity (Wildman–Crippen MR) is 110 cm³/mol. The van der Waals surface area contributed by atoms with E-state index in [9.17, 15) is 9.59 Å². The fourth-order valence-corrected chi connectivity index (χ4v) is 2.85. The number of carbonyl (C=O) groups excluding carboxylic acids is 2. The highest BCUT2D eigenvalue weighted by Crippen LogP contribution is 2.18. The van der Waals surface area contributed by atoms with Crippen molar-refractivity contribution in [3.8, 4) is 11.4 Å². The zero-order valence-electron chi connectivity index (χ0n) is 17.0. The van der Waals surface area contributed by atoms with Crippen molar-refractivity contribution in [1.82, 2.24) is 25.1 Å². The number of hydrogen-bond acceptors (Lipinski definition) is 5. The van der Waals surface area contributed by atoms with Crippen LogP contribution in [0.1, 0.15) is 16.7 Å². The number of aromatic nitrogens is 4. The molecule has 0 fully saturated rings. The van der Waals surface area contributed by atoms with Gasteiger partial charge in [0.2, 0.25) is 17.6 Å². The number of aryl methyl sites for hydroxylation is 3. The molecule has 3 aromatic rings. The summed E-state index contributed by atoms with van der Waals surface area (Å²) in [6.45, 7) is 5.69. The summed E-state index contributed by atoms with van der Waals surface area (Å²) >= 11 is 0. The molecule has 0 spiro atoms. The van der Waals surface area contributed by atoms with E-state index in [1.807, 2.05) is 63.2 Å². The fourth-order valence-electron chi connectivity index (χ4n) is 2.85. The van der Waals surface area contributed by atoms with Gasteiger partial charge < -0.3 is 10.2 Å². The molecule has 0 saturated carbocycles. The highest BCUT2D eigenvalue weighted by molar-refractivity contribution is 5.95. The summed E-state index contributed by atoms with van der Waals surface area (Å²) in [6.07, 6.45) is 0. The van der Waals surface area contributed by atoms with Crippen molar-refractivity contribution in [1.29, 1.82) is 0 Å². The molecule has 0 atom stereocenters. The minimum atomic E-state index is -0.283. The molecule has 1 heterocycles. The predicted octanol–water partition coefficient (Wildman–Crippen LogP) is 2.36. The van der Waals surface area contributed by atoms with E-state index in [1.165, 1.54) is 9.70 Å². The van der Waals surface area contributed by atoms with E-state index in [-0.39, 0.29) is 24.9 Å². The summed E-state index contributed by atoms with van der Waals surface area (Å²) in [5.74, 6) is -0.0808. The van der Waals surface area contributed by atoms with Crippen molar-refractivity contribution in [2.75, 3.05) is 18.9 Å². The van der Waals surface area contributed by atoms with E-state index >= 15 is 0 Å². The van der Waals surface area contributed by atoms with Gasteiger partial charge in [-0.05, 0) is 48.7 Å². The number of hydrogen-bond donors (Lipinski definition) is 1. The van der Waals surface area contributed by atoms with Crippen LogP contribution >= 0.6 is 0 Å². The summed E-state index contributed by atoms with van der Waals surface area (Å²) in [7, 11) is 1.57. The molecular weight excluding hydrogens is 368 g/mol. The first kappa shape index (κ1) is 20.2. The quantitative estimate of drug-likeness (QED) is 0.695. The molecule has 29 heavy (non-hydrogen) atoms. The molecule has 2 aromatic carbocycles. The van der Waals surface area contributed by atoms with Crippen LogP contribution in [-0.2, 0) is 16.1 Å². The second-order valence-electron chi connectivity index (χ2n) is 7.07. The number of benzene rings is 2. The molecule has 0 aliphatic heterocycles. The minimum Gasteiger partial charge on any atom is -0.335 e. The standard InChI is InChI=1S/C21H24N6O2/c1-14-9-10-16(3)18(11-14)22-19(28)12-26(4)20(29)13-27-24-21(23-25-27)17-8-6-5-7-15(17)2/h5-11H,12-13H2,1-4H3,(H,22,28). The van der Waals surface area contributed by atoms with Crippen LogP contribution in [0, 0.1) is 20.8 Å². The molecule has 0 saturated heterocycles. The molecule has 150 valence electrons. The topological polar surface area (TPSA) is 93.0 Å². The third-order valence-corrected chi connectivity index (χ3v) is 4.59. The molecule has 0 radical (unpaired) electrons. The van der Waals surface area contributed by atoms with Gasteiger partial charge in [-0.15, -0.1) is 10.2 Å². The van der Waals surface area contributed by atoms with Crippen molar-refractivity contribution in [3.63, 3.8) is 0 Å². The Morgan fingerprint density at radius 3 is 2.59 bits per heavy atom. The zero-order valence-corrected chi connectivity index (χ0v) is 17.0. The van der Waals surface area contributed by atoms with Gasteiger partial charge in [0, 0.05) is 18.3 Å². The number of amides is 2. The Morgan fingerprint density at radius 2 is 1.83 bits per heavy atom. The summed E-state index contributed by atoms with van der Waals surface area (Å²) in [5, 5.41) is 15.1. The van der Waals surface area contributed by atoms with Gasteiger partial charge in [0.1, 0.15) is 6.54 Å². The first-order valence-electron chi connectivity index (χ1n) is 9.28. The normalized spacial score (nSPS) is 10.6. The van der Waals surface area contributed by atoms with E-state index in [0.29, 0.717) is 5.82 Å². The van der Waals surface area contributed by atoms with E-state index in [1.54, 1.807) is 7.05 Å². The Hall–Kier alpha value is -3.55. The Morgan fingerprint density at radius 1 is 1.07 bits per heavy atom. The van der Waals surface area contributed by atoms with Gasteiger partial charge in [-0.3, -0.25) is 9.59 Å². The molecule has 8 nitrogen and oxygen atoms in total. The lowest BCUT2D eigenvalue weighted by Gasteiger charge is -2.17. The van der Waals surface area contributed by atoms with Gasteiger partial charge in [0.25, 0.3) is 0 Å². The average Bonchev–Trinajstić information content (AvgIpc) is 3.13. The number of nitrogens with zero attached hydrogens (tertiary/aromatic N) is 5. The highest BCUT2D eigenvalue weighted by atomic mass is 16.2. The van der Waals surface area contributed by atoms with Gasteiger partial charge in [-0.1, -0.05) is 36.4 Å². The van der Waals surface area contributed by atoms with Crippen LogP contribution in [0.5, 0.6) is 0 Å². The number of tetrazole rings is 1. The van der Waals surface area contributed by atoms with Gasteiger partial charge >= 0.3 is 0 Å². The van der Waals surface area contributed by atoms with Crippen molar-refractivity contribution < 1.29 is 9.59 Å². The Bertz CT molecular complexity index is 1040. The van der Waals surface area contributed by atoms with Crippen LogP contribution in [0.3, 0.4) is 0 Å². The van der Waals surface area contributed by atoms with Crippen molar-refractivity contribution in [3.05, 3.63) is 59.2 Å². The maximum absolute atomic E-state index is 12.5. The number of carbonyl (C=O) groups is 2. The van der Waals surface area contributed by atoms with Gasteiger partial charge in [0.05, 0.1) is 6.54 Å². The number of rotatable bonds is 6. The van der Waals surface area contributed by atoms with E-state index < -0.39 is 0 Å². The zero-order chi connectivity index (χ0) is 21.0. The maximum Gasteiger partial charge on any atom is 0.246 e. The summed E-state index contributed by atoms with van der Waals surface area (Å²) in [5.41, 5.74) is 4.66. The van der Waals surface area contributed by atoms with E-state index in [4.69, 9.17) is 0 Å². The van der Waals surface area contributed by atoms with Gasteiger partial charge in [0.15, 0.2) is 0 Å². The third-order valence-electron chi connectivity index (χ3n) is 4.59. The lowest BCUT2D eigenvalue weighted by atomic mass is 10.1. The van der Waals surface area contributed by atoms with Crippen LogP contribution in [0.15, 0.2) is 42.5 Å². The van der Waals surface area contributed by atoms with Crippen molar-refractivity contribution in [2.24, 2.45) is 0 Å². The SMILES string of the molecule is Cc1ccc(C)c(NC(=O)CN(C)C(=O)Cn2nnc(-c3ccccc3C)n2)c1. The molecule has 8 heteroatoms. The third kappa shape index (κ3) is 5.04. The molecule has 0 aliphatic carbocycles. The van der Waals surface area contributed by atoms with Crippen LogP contribution in [0.2, 0.25) is 0 Å². The highest BCUT2D eigenvalue weighted by Gasteiger charge is 2.16. The summed E-state index contributed by atoms with van der Waals surface area (Å²) in [4.78, 5) is 27.3. The van der Waals surface area contributed by atoms with Crippen LogP contribution < -0.4 is 5.32 Å². The monoisotopic (exact) mass is 392 g/mol. The summed E-state index contributed by atoms with van der Waals surface area (Å²) in [6, 6.07) is 13.5. The molecule has 1 N–H and O–H groups in total. The van der Waals surface area contributed by atoms with Gasteiger partial charge in [-0.2, -0.15) is 4.80 Å². The Labute approximate surface area is 169 Å². The van der Waals surface area contributed by atoms with Crippen LogP contribution in [-0.4, -0.2) is 50.5 Å². The lowest BCUT2D eigenvalue weighted by Crippen LogP contribution is -2.37. The first-order valence-corrected chi connectivity index (χ1v) is 9.28. The molecule has 0 bridgehead atoms. The molecule has 0 aliphatic rings. The molecule has 3 rings (SSSR count). The van der Waals surface area contributed by atoms with Crippen molar-refractivity contribution >= 4 is 17.5 Å². The van der Waals surface area contributed by atoms with Gasteiger partial charge in [-0.25, -0.2) is 0 Å². The van der Waals surface area contributed by atoms with Crippen molar-refractivity contribution in [2.45, 2.75) is 27.3 Å². The fraction of sp³-hybridized carbons (Fsp3) is 0.286. The number of likely N-dealkylation sites (N-methyl/N-ethyl adjacent to an activating group) is 1. The number of nitrogens with one attached hydrogen (secondary N) is 1. The molecule has 0 unspecified atom stereocenters. The second kappa shape index (κ2) is 8.64.